The molecule has 2 aliphatic rings. The highest BCUT2D eigenvalue weighted by Gasteiger charge is 2.61. The lowest BCUT2D eigenvalue weighted by Gasteiger charge is -2.33. The number of amides is 2. The van der Waals surface area contributed by atoms with Gasteiger partial charge >= 0.3 is 0 Å². The average Bonchev–Trinajstić information content (AvgIpc) is 3.26. The van der Waals surface area contributed by atoms with Crippen molar-refractivity contribution < 1.29 is 14.4 Å². The minimum atomic E-state index is -0.765. The molecule has 0 spiro atoms. The van der Waals surface area contributed by atoms with Gasteiger partial charge in [-0.25, -0.2) is 9.96 Å². The number of anilines is 2. The van der Waals surface area contributed by atoms with Gasteiger partial charge in [0.05, 0.1) is 23.3 Å². The van der Waals surface area contributed by atoms with E-state index in [2.05, 4.69) is 13.8 Å². The number of benzene rings is 2. The maximum absolute atomic E-state index is 13.6. The molecule has 2 fully saturated rings. The monoisotopic (exact) mass is 406 g/mol. The number of hydrogen-bond acceptors (Lipinski definition) is 4. The summed E-state index contributed by atoms with van der Waals surface area (Å²) < 4.78 is 0. The highest BCUT2D eigenvalue weighted by atomic mass is 16.7. The van der Waals surface area contributed by atoms with Gasteiger partial charge in [0.1, 0.15) is 0 Å². The Labute approximate surface area is 178 Å². The molecular formula is C25H30N2O3. The number of hydrogen-bond donors (Lipinski definition) is 0. The number of carbonyl (C=O) groups is 2. The maximum Gasteiger partial charge on any atom is 0.266 e. The summed E-state index contributed by atoms with van der Waals surface area (Å²) in [4.78, 5) is 34.5. The summed E-state index contributed by atoms with van der Waals surface area (Å²) in [5.41, 5.74) is 2.55. The third kappa shape index (κ3) is 3.52. The van der Waals surface area contributed by atoms with Gasteiger partial charge in [0.2, 0.25) is 5.91 Å². The van der Waals surface area contributed by atoms with Crippen LogP contribution in [0.1, 0.15) is 45.1 Å². The van der Waals surface area contributed by atoms with Gasteiger partial charge in [-0.2, -0.15) is 0 Å². The number of unbranched alkanes of at least 4 members (excludes halogenated alkanes) is 1. The minimum Gasteiger partial charge on any atom is -0.273 e. The molecule has 0 saturated carbocycles. The molecule has 4 atom stereocenters. The van der Waals surface area contributed by atoms with E-state index in [0.29, 0.717) is 5.69 Å². The Morgan fingerprint density at radius 3 is 2.37 bits per heavy atom. The van der Waals surface area contributed by atoms with Crippen LogP contribution in [-0.2, 0) is 14.4 Å². The summed E-state index contributed by atoms with van der Waals surface area (Å²) in [7, 11) is 0. The van der Waals surface area contributed by atoms with E-state index in [4.69, 9.17) is 4.84 Å². The summed E-state index contributed by atoms with van der Waals surface area (Å²) in [5.74, 6) is -0.618. The first-order chi connectivity index (χ1) is 14.6. The number of aryl methyl sites for hydroxylation is 1. The second kappa shape index (κ2) is 8.60. The molecule has 0 radical (unpaired) electrons. The molecule has 158 valence electrons. The van der Waals surface area contributed by atoms with Crippen LogP contribution in [0, 0.1) is 18.8 Å². The van der Waals surface area contributed by atoms with Gasteiger partial charge in [0.15, 0.2) is 6.10 Å². The molecular weight excluding hydrogens is 376 g/mol. The van der Waals surface area contributed by atoms with Crippen LogP contribution in [0.3, 0.4) is 0 Å². The van der Waals surface area contributed by atoms with Gasteiger partial charge in [0.25, 0.3) is 5.91 Å². The predicted octanol–water partition coefficient (Wildman–Crippen LogP) is 4.89. The van der Waals surface area contributed by atoms with Crippen molar-refractivity contribution in [2.24, 2.45) is 11.8 Å². The molecule has 2 amide bonds. The van der Waals surface area contributed by atoms with Gasteiger partial charge in [-0.3, -0.25) is 14.4 Å². The second-order valence-corrected chi connectivity index (χ2v) is 8.37. The molecule has 30 heavy (non-hydrogen) atoms. The molecule has 2 aromatic rings. The second-order valence-electron chi connectivity index (χ2n) is 8.37. The van der Waals surface area contributed by atoms with Gasteiger partial charge in [-0.05, 0) is 49.1 Å². The molecule has 4 rings (SSSR count). The van der Waals surface area contributed by atoms with Crippen molar-refractivity contribution in [3.8, 4) is 0 Å². The first kappa shape index (κ1) is 20.6. The first-order valence-corrected chi connectivity index (χ1v) is 11.0. The Balaban J connectivity index is 1.72. The smallest absolute Gasteiger partial charge is 0.266 e. The van der Waals surface area contributed by atoms with Crippen molar-refractivity contribution >= 4 is 23.2 Å². The standard InChI is InChI=1S/C25H30N2O3/c1-4-6-12-18(5-2)22-21-23(30-27(22)19-13-8-7-9-14-19)25(29)26(24(21)28)20-15-10-11-17(3)16-20/h7-11,13-16,18,21-23H,4-6,12H2,1-3H3/t18-,21+,22-,23+/m0/s1. The van der Waals surface area contributed by atoms with E-state index in [0.717, 1.165) is 36.9 Å². The quantitative estimate of drug-likeness (QED) is 0.614. The van der Waals surface area contributed by atoms with Crippen molar-refractivity contribution in [3.05, 3.63) is 60.2 Å². The van der Waals surface area contributed by atoms with Crippen LogP contribution < -0.4 is 9.96 Å². The third-order valence-electron chi connectivity index (χ3n) is 6.37. The van der Waals surface area contributed by atoms with Crippen molar-refractivity contribution in [1.29, 1.82) is 0 Å². The highest BCUT2D eigenvalue weighted by molar-refractivity contribution is 6.23. The first-order valence-electron chi connectivity index (χ1n) is 11.0. The molecule has 2 saturated heterocycles. The van der Waals surface area contributed by atoms with E-state index >= 15 is 0 Å². The number of rotatable bonds is 7. The largest absolute Gasteiger partial charge is 0.273 e. The number of fused-ring (bicyclic) bond motifs is 1. The molecule has 0 aromatic heterocycles. The lowest BCUT2D eigenvalue weighted by Crippen LogP contribution is -2.44. The van der Waals surface area contributed by atoms with Crippen molar-refractivity contribution in [2.75, 3.05) is 9.96 Å². The fraction of sp³-hybridized carbons (Fsp3) is 0.440. The topological polar surface area (TPSA) is 49.9 Å². The van der Waals surface area contributed by atoms with Crippen molar-refractivity contribution in [3.63, 3.8) is 0 Å². The molecule has 5 heteroatoms. The summed E-state index contributed by atoms with van der Waals surface area (Å²) in [5, 5.41) is 1.85. The van der Waals surface area contributed by atoms with Gasteiger partial charge in [-0.1, -0.05) is 63.4 Å². The zero-order chi connectivity index (χ0) is 21.3. The van der Waals surface area contributed by atoms with Gasteiger partial charge < -0.3 is 0 Å². The van der Waals surface area contributed by atoms with E-state index in [1.165, 1.54) is 4.90 Å². The van der Waals surface area contributed by atoms with E-state index in [1.807, 2.05) is 66.6 Å². The zero-order valence-corrected chi connectivity index (χ0v) is 18.0. The molecule has 2 aromatic carbocycles. The molecule has 0 unspecified atom stereocenters. The summed E-state index contributed by atoms with van der Waals surface area (Å²) >= 11 is 0. The number of nitrogens with zero attached hydrogens (tertiary/aromatic N) is 2. The van der Waals surface area contributed by atoms with E-state index < -0.39 is 12.0 Å². The Bertz CT molecular complexity index is 914. The van der Waals surface area contributed by atoms with E-state index in [-0.39, 0.29) is 23.8 Å². The lowest BCUT2D eigenvalue weighted by molar-refractivity contribution is -0.126. The van der Waals surface area contributed by atoms with Gasteiger partial charge in [-0.15, -0.1) is 0 Å². The third-order valence-corrected chi connectivity index (χ3v) is 6.37. The van der Waals surface area contributed by atoms with Gasteiger partial charge in [0, 0.05) is 0 Å². The van der Waals surface area contributed by atoms with Crippen molar-refractivity contribution in [1.82, 2.24) is 0 Å². The maximum atomic E-state index is 13.6. The Morgan fingerprint density at radius 2 is 1.70 bits per heavy atom. The fourth-order valence-electron chi connectivity index (χ4n) is 4.84. The van der Waals surface area contributed by atoms with E-state index in [9.17, 15) is 9.59 Å². The van der Waals surface area contributed by atoms with Crippen LogP contribution in [0.25, 0.3) is 0 Å². The van der Waals surface area contributed by atoms with E-state index in [1.54, 1.807) is 0 Å². The van der Waals surface area contributed by atoms with Crippen LogP contribution in [0.5, 0.6) is 0 Å². The SMILES string of the molecule is CCCC[C@H](CC)[C@H]1[C@H]2C(=O)N(c3cccc(C)c3)C(=O)[C@@H]2ON1c1ccccc1. The Hall–Kier alpha value is -2.66. The molecule has 5 nitrogen and oxygen atoms in total. The molecule has 0 N–H and O–H groups in total. The van der Waals surface area contributed by atoms with Crippen LogP contribution in [0.4, 0.5) is 11.4 Å². The zero-order valence-electron chi connectivity index (χ0n) is 18.0. The Kier molecular flexibility index (Phi) is 5.91. The van der Waals surface area contributed by atoms with Crippen LogP contribution in [0.2, 0.25) is 0 Å². The van der Waals surface area contributed by atoms with Crippen molar-refractivity contribution in [2.45, 2.75) is 58.6 Å². The highest BCUT2D eigenvalue weighted by Crippen LogP contribution is 2.44. The molecule has 2 heterocycles. The molecule has 0 aliphatic carbocycles. The van der Waals surface area contributed by atoms with Crippen LogP contribution >= 0.6 is 0 Å². The van der Waals surface area contributed by atoms with Crippen LogP contribution in [-0.4, -0.2) is 24.0 Å². The molecule has 0 bridgehead atoms. The summed E-state index contributed by atoms with van der Waals surface area (Å²) in [6, 6.07) is 17.2. The number of imide groups is 1. The minimum absolute atomic E-state index is 0.144. The number of para-hydroxylation sites is 1. The lowest BCUT2D eigenvalue weighted by atomic mass is 9.82. The number of carbonyl (C=O) groups excluding carboxylic acids is 2. The predicted molar refractivity (Wildman–Crippen MR) is 118 cm³/mol. The Morgan fingerprint density at radius 1 is 0.967 bits per heavy atom. The summed E-state index contributed by atoms with van der Waals surface area (Å²) in [6.07, 6.45) is 3.38. The van der Waals surface area contributed by atoms with Crippen LogP contribution in [0.15, 0.2) is 54.6 Å². The summed E-state index contributed by atoms with van der Waals surface area (Å²) in [6.45, 7) is 6.30. The average molecular weight is 407 g/mol. The normalized spacial score (nSPS) is 24.4. The molecule has 2 aliphatic heterocycles. The number of hydroxylamine groups is 1. The fourth-order valence-corrected chi connectivity index (χ4v) is 4.84.